The van der Waals surface area contributed by atoms with Crippen molar-refractivity contribution in [3.8, 4) is 6.07 Å². The summed E-state index contributed by atoms with van der Waals surface area (Å²) in [5, 5.41) is 13.3. The maximum atomic E-state index is 13.5. The lowest BCUT2D eigenvalue weighted by Crippen LogP contribution is -2.47. The Labute approximate surface area is 174 Å². The van der Waals surface area contributed by atoms with Crippen LogP contribution in [-0.4, -0.2) is 44.6 Å². The van der Waals surface area contributed by atoms with Crippen molar-refractivity contribution in [2.75, 3.05) is 5.32 Å². The summed E-state index contributed by atoms with van der Waals surface area (Å²) in [4.78, 5) is 30.4. The number of hydrogen-bond donors (Lipinski definition) is 2. The number of fused-ring (bicyclic) bond motifs is 1. The van der Waals surface area contributed by atoms with Crippen LogP contribution < -0.4 is 10.6 Å². The molecule has 0 saturated carbocycles. The molecular weight excluding hydrogens is 420 g/mol. The highest BCUT2D eigenvalue weighted by Gasteiger charge is 2.38. The molecule has 2 N–H and O–H groups in total. The first-order chi connectivity index (χ1) is 14.5. The van der Waals surface area contributed by atoms with E-state index in [1.54, 1.807) is 17.6 Å². The predicted octanol–water partition coefficient (Wildman–Crippen LogP) is 3.01. The van der Waals surface area contributed by atoms with Crippen molar-refractivity contribution in [1.29, 1.82) is 5.26 Å². The van der Waals surface area contributed by atoms with E-state index in [2.05, 4.69) is 10.3 Å². The third kappa shape index (κ3) is 4.60. The number of amides is 3. The van der Waals surface area contributed by atoms with Crippen LogP contribution in [0.1, 0.15) is 35.6 Å². The predicted molar refractivity (Wildman–Crippen MR) is 100 cm³/mol. The number of nitrogens with one attached hydrogen (secondary N) is 2. The second kappa shape index (κ2) is 8.25. The second-order valence-electron chi connectivity index (χ2n) is 7.14. The first-order valence-electron chi connectivity index (χ1n) is 9.20. The van der Waals surface area contributed by atoms with Gasteiger partial charge in [-0.05, 0) is 32.0 Å². The minimum Gasteiger partial charge on any atom is -0.339 e. The van der Waals surface area contributed by atoms with E-state index in [4.69, 9.17) is 5.26 Å². The van der Waals surface area contributed by atoms with Crippen molar-refractivity contribution < 1.29 is 27.2 Å². The molecule has 0 radical (unpaired) electrons. The van der Waals surface area contributed by atoms with Crippen molar-refractivity contribution in [2.45, 2.75) is 45.2 Å². The normalized spacial score (nSPS) is 16.8. The number of urea groups is 1. The molecule has 0 unspecified atom stereocenters. The van der Waals surface area contributed by atoms with Gasteiger partial charge in [-0.1, -0.05) is 0 Å². The summed E-state index contributed by atoms with van der Waals surface area (Å²) in [5.74, 6) is -1.72. The first kappa shape index (κ1) is 22.1. The number of carbonyl (C=O) groups excluding carboxylic acids is 2. The summed E-state index contributed by atoms with van der Waals surface area (Å²) in [6.07, 6.45) is -3.26. The van der Waals surface area contributed by atoms with Gasteiger partial charge < -0.3 is 20.1 Å². The molecule has 1 aliphatic rings. The molecular formula is C19H18F4N6O2. The lowest BCUT2D eigenvalue weighted by atomic mass is 10.1. The molecule has 1 aromatic carbocycles. The van der Waals surface area contributed by atoms with Crippen molar-refractivity contribution in [2.24, 2.45) is 0 Å². The molecule has 0 fully saturated rings. The molecule has 2 heterocycles. The molecule has 0 aliphatic carbocycles. The minimum absolute atomic E-state index is 0.0809. The molecule has 2 atom stereocenters. The van der Waals surface area contributed by atoms with Gasteiger partial charge in [0.2, 0.25) is 0 Å². The molecule has 1 aromatic heterocycles. The number of nitriles is 1. The van der Waals surface area contributed by atoms with Crippen LogP contribution in [0, 0.1) is 17.1 Å². The Balaban J connectivity index is 1.78. The maximum absolute atomic E-state index is 13.5. The Morgan fingerprint density at radius 3 is 2.71 bits per heavy atom. The van der Waals surface area contributed by atoms with Crippen LogP contribution in [0.15, 0.2) is 24.5 Å². The lowest BCUT2D eigenvalue weighted by Gasteiger charge is -2.34. The number of rotatable bonds is 3. The van der Waals surface area contributed by atoms with Crippen molar-refractivity contribution in [1.82, 2.24) is 19.8 Å². The molecule has 12 heteroatoms. The highest BCUT2D eigenvalue weighted by Crippen LogP contribution is 2.24. The van der Waals surface area contributed by atoms with Gasteiger partial charge in [0.1, 0.15) is 17.9 Å². The van der Waals surface area contributed by atoms with Gasteiger partial charge in [0, 0.05) is 18.3 Å². The van der Waals surface area contributed by atoms with Crippen LogP contribution in [0.2, 0.25) is 0 Å². The first-order valence-corrected chi connectivity index (χ1v) is 9.20. The van der Waals surface area contributed by atoms with Gasteiger partial charge in [0.25, 0.3) is 5.91 Å². The molecule has 2 aromatic rings. The maximum Gasteiger partial charge on any atom is 0.408 e. The quantitative estimate of drug-likeness (QED) is 0.719. The van der Waals surface area contributed by atoms with E-state index in [-0.39, 0.29) is 41.8 Å². The topological polar surface area (TPSA) is 103 Å². The van der Waals surface area contributed by atoms with E-state index in [0.29, 0.717) is 0 Å². The Morgan fingerprint density at radius 2 is 2.06 bits per heavy atom. The van der Waals surface area contributed by atoms with Gasteiger partial charge in [-0.3, -0.25) is 4.79 Å². The number of alkyl halides is 3. The average Bonchev–Trinajstić information content (AvgIpc) is 3.10. The number of anilines is 1. The fraction of sp³-hybridized carbons (Fsp3) is 0.368. The van der Waals surface area contributed by atoms with Gasteiger partial charge in [0.15, 0.2) is 5.69 Å². The number of nitrogens with zero attached hydrogens (tertiary/aromatic N) is 4. The highest BCUT2D eigenvalue weighted by atomic mass is 19.4. The summed E-state index contributed by atoms with van der Waals surface area (Å²) < 4.78 is 53.3. The number of carbonyl (C=O) groups is 2. The smallest absolute Gasteiger partial charge is 0.339 e. The average molecular weight is 438 g/mol. The van der Waals surface area contributed by atoms with Gasteiger partial charge in [-0.25, -0.2) is 14.2 Å². The Hall–Kier alpha value is -3.62. The van der Waals surface area contributed by atoms with Crippen LogP contribution in [0.25, 0.3) is 0 Å². The van der Waals surface area contributed by atoms with Gasteiger partial charge in [-0.2, -0.15) is 18.4 Å². The standard InChI is InChI=1S/C19H18F4N6O2/c1-10-7-28-9-25-16(17(30)26-11(2)19(21,22)23)15(28)8-29(10)18(31)27-13-3-4-14(20)12(5-13)6-24/h3-5,9-11H,7-8H2,1-2H3,(H,26,30)(H,27,31)/t10-,11+/m0/s1. The Morgan fingerprint density at radius 1 is 1.35 bits per heavy atom. The van der Waals surface area contributed by atoms with E-state index in [1.807, 2.05) is 5.32 Å². The number of hydrogen-bond acceptors (Lipinski definition) is 4. The third-order valence-electron chi connectivity index (χ3n) is 4.91. The number of benzene rings is 1. The SMILES string of the molecule is C[C@H]1Cn2cnc(C(=O)N[C@H](C)C(F)(F)F)c2CN1C(=O)Nc1ccc(F)c(C#N)c1. The fourth-order valence-electron chi connectivity index (χ4n) is 3.12. The number of imidazole rings is 1. The molecule has 8 nitrogen and oxygen atoms in total. The molecule has 31 heavy (non-hydrogen) atoms. The Bertz CT molecular complexity index is 1060. The summed E-state index contributed by atoms with van der Waals surface area (Å²) in [5.41, 5.74) is 0.0535. The van der Waals surface area contributed by atoms with Crippen molar-refractivity contribution in [3.63, 3.8) is 0 Å². The summed E-state index contributed by atoms with van der Waals surface area (Å²) in [7, 11) is 0. The second-order valence-corrected chi connectivity index (χ2v) is 7.14. The molecule has 1 aliphatic heterocycles. The van der Waals surface area contributed by atoms with Crippen LogP contribution in [-0.2, 0) is 13.1 Å². The van der Waals surface area contributed by atoms with E-state index in [9.17, 15) is 27.2 Å². The van der Waals surface area contributed by atoms with E-state index in [1.165, 1.54) is 23.4 Å². The largest absolute Gasteiger partial charge is 0.408 e. The zero-order valence-electron chi connectivity index (χ0n) is 16.5. The highest BCUT2D eigenvalue weighted by molar-refractivity contribution is 5.94. The van der Waals surface area contributed by atoms with E-state index in [0.717, 1.165) is 13.0 Å². The van der Waals surface area contributed by atoms with Crippen LogP contribution in [0.5, 0.6) is 0 Å². The van der Waals surface area contributed by atoms with Crippen molar-refractivity contribution in [3.05, 3.63) is 47.3 Å². The fourth-order valence-corrected chi connectivity index (χ4v) is 3.12. The van der Waals surface area contributed by atoms with E-state index >= 15 is 0 Å². The zero-order chi connectivity index (χ0) is 22.9. The molecule has 0 bridgehead atoms. The molecule has 0 saturated heterocycles. The van der Waals surface area contributed by atoms with E-state index < -0.39 is 30.0 Å². The molecule has 164 valence electrons. The minimum atomic E-state index is -4.60. The van der Waals surface area contributed by atoms with Gasteiger partial charge in [0.05, 0.1) is 24.1 Å². The third-order valence-corrected chi connectivity index (χ3v) is 4.91. The Kier molecular flexibility index (Phi) is 5.88. The van der Waals surface area contributed by atoms with Crippen LogP contribution >= 0.6 is 0 Å². The number of halogens is 4. The van der Waals surface area contributed by atoms with Gasteiger partial charge >= 0.3 is 12.2 Å². The molecule has 3 amide bonds. The molecule has 0 spiro atoms. The van der Waals surface area contributed by atoms with Gasteiger partial charge in [-0.15, -0.1) is 0 Å². The van der Waals surface area contributed by atoms with Crippen LogP contribution in [0.3, 0.4) is 0 Å². The summed E-state index contributed by atoms with van der Waals surface area (Å²) in [6, 6.07) is 2.23. The monoisotopic (exact) mass is 438 g/mol. The zero-order valence-corrected chi connectivity index (χ0v) is 16.5. The lowest BCUT2D eigenvalue weighted by molar-refractivity contribution is -0.149. The summed E-state index contributed by atoms with van der Waals surface area (Å²) >= 11 is 0. The number of aromatic nitrogens is 2. The summed E-state index contributed by atoms with van der Waals surface area (Å²) in [6.45, 7) is 2.76. The van der Waals surface area contributed by atoms with Crippen LogP contribution in [0.4, 0.5) is 28.0 Å². The van der Waals surface area contributed by atoms with Crippen molar-refractivity contribution >= 4 is 17.6 Å². The molecule has 3 rings (SSSR count).